The summed E-state index contributed by atoms with van der Waals surface area (Å²) < 4.78 is 17.0. The van der Waals surface area contributed by atoms with E-state index in [1.807, 2.05) is 0 Å². The summed E-state index contributed by atoms with van der Waals surface area (Å²) in [6.07, 6.45) is 64.0. The molecule has 0 aliphatic rings. The van der Waals surface area contributed by atoms with Crippen LogP contribution in [0.3, 0.4) is 0 Å². The highest BCUT2D eigenvalue weighted by atomic mass is 16.6. The molecule has 0 aliphatic carbocycles. The van der Waals surface area contributed by atoms with Crippen molar-refractivity contribution >= 4 is 17.9 Å². The molecule has 6 heteroatoms. The van der Waals surface area contributed by atoms with Crippen molar-refractivity contribution in [3.05, 3.63) is 0 Å². The van der Waals surface area contributed by atoms with Crippen LogP contribution >= 0.6 is 0 Å². The van der Waals surface area contributed by atoms with Crippen LogP contribution in [0.15, 0.2) is 0 Å². The largest absolute Gasteiger partial charge is 0.462 e. The number of hydrogen-bond donors (Lipinski definition) is 0. The van der Waals surface area contributed by atoms with Crippen molar-refractivity contribution in [2.75, 3.05) is 13.2 Å². The molecule has 422 valence electrons. The van der Waals surface area contributed by atoms with E-state index in [2.05, 4.69) is 34.6 Å². The molecular weight excluding hydrogens is 877 g/mol. The van der Waals surface area contributed by atoms with Crippen molar-refractivity contribution < 1.29 is 28.6 Å². The van der Waals surface area contributed by atoms with Crippen LogP contribution in [0.2, 0.25) is 0 Å². The lowest BCUT2D eigenvalue weighted by molar-refractivity contribution is -0.167. The highest BCUT2D eigenvalue weighted by Crippen LogP contribution is 2.19. The van der Waals surface area contributed by atoms with E-state index in [9.17, 15) is 14.4 Å². The fraction of sp³-hybridized carbons (Fsp3) is 0.954. The van der Waals surface area contributed by atoms with Gasteiger partial charge in [0.25, 0.3) is 0 Å². The molecule has 0 aromatic carbocycles. The Balaban J connectivity index is 4.23. The summed E-state index contributed by atoms with van der Waals surface area (Å²) in [5.74, 6) is 0.842. The molecule has 0 aliphatic heterocycles. The molecule has 0 aromatic rings. The van der Waals surface area contributed by atoms with Crippen molar-refractivity contribution in [2.45, 2.75) is 375 Å². The van der Waals surface area contributed by atoms with Gasteiger partial charge in [-0.3, -0.25) is 14.4 Å². The molecule has 0 rings (SSSR count). The van der Waals surface area contributed by atoms with Gasteiger partial charge in [-0.05, 0) is 31.1 Å². The van der Waals surface area contributed by atoms with Gasteiger partial charge in [-0.25, -0.2) is 0 Å². The van der Waals surface area contributed by atoms with Crippen LogP contribution in [-0.2, 0) is 28.6 Å². The minimum atomic E-state index is -0.764. The molecule has 0 amide bonds. The first kappa shape index (κ1) is 69.4. The van der Waals surface area contributed by atoms with Crippen molar-refractivity contribution in [3.63, 3.8) is 0 Å². The van der Waals surface area contributed by atoms with Crippen LogP contribution in [0.1, 0.15) is 369 Å². The summed E-state index contributed by atoms with van der Waals surface area (Å²) in [5.41, 5.74) is 0. The first-order valence-corrected chi connectivity index (χ1v) is 32.2. The third-order valence-corrected chi connectivity index (χ3v) is 15.0. The summed E-state index contributed by atoms with van der Waals surface area (Å²) in [6.45, 7) is 11.4. The number of esters is 3. The van der Waals surface area contributed by atoms with E-state index in [4.69, 9.17) is 14.2 Å². The second kappa shape index (κ2) is 57.7. The van der Waals surface area contributed by atoms with Gasteiger partial charge in [0.1, 0.15) is 13.2 Å². The SMILES string of the molecule is CCCCCCCCCCCCCCCCCCCCCC(=O)OC[C@H](COC(=O)CCCCCCCCCCCCCCCCCCCCC(C)C)OC(=O)CCCCCCCCCCCCC(C)C. The molecule has 0 aromatic heterocycles. The minimum absolute atomic E-state index is 0.0622. The van der Waals surface area contributed by atoms with Crippen molar-refractivity contribution in [1.29, 1.82) is 0 Å². The lowest BCUT2D eigenvalue weighted by Gasteiger charge is -2.18. The van der Waals surface area contributed by atoms with Crippen LogP contribution in [-0.4, -0.2) is 37.2 Å². The van der Waals surface area contributed by atoms with E-state index in [0.717, 1.165) is 69.6 Å². The van der Waals surface area contributed by atoms with Crippen molar-refractivity contribution in [2.24, 2.45) is 11.8 Å². The van der Waals surface area contributed by atoms with Gasteiger partial charge in [-0.2, -0.15) is 0 Å². The molecule has 0 spiro atoms. The van der Waals surface area contributed by atoms with Gasteiger partial charge < -0.3 is 14.2 Å². The Morgan fingerprint density at radius 3 is 0.690 bits per heavy atom. The van der Waals surface area contributed by atoms with Crippen LogP contribution in [0, 0.1) is 11.8 Å². The van der Waals surface area contributed by atoms with Gasteiger partial charge in [-0.1, -0.05) is 330 Å². The summed E-state index contributed by atoms with van der Waals surface area (Å²) in [6, 6.07) is 0. The van der Waals surface area contributed by atoms with E-state index in [-0.39, 0.29) is 31.1 Å². The lowest BCUT2D eigenvalue weighted by Crippen LogP contribution is -2.30. The first-order valence-electron chi connectivity index (χ1n) is 32.2. The molecule has 0 radical (unpaired) electrons. The average molecular weight is 1000 g/mol. The van der Waals surface area contributed by atoms with Gasteiger partial charge in [-0.15, -0.1) is 0 Å². The van der Waals surface area contributed by atoms with E-state index >= 15 is 0 Å². The van der Waals surface area contributed by atoms with Gasteiger partial charge in [0, 0.05) is 19.3 Å². The molecule has 0 fully saturated rings. The molecule has 0 saturated carbocycles. The molecule has 0 saturated heterocycles. The Labute approximate surface area is 444 Å². The summed E-state index contributed by atoms with van der Waals surface area (Å²) >= 11 is 0. The number of carbonyl (C=O) groups excluding carboxylic acids is 3. The number of hydrogen-bond acceptors (Lipinski definition) is 6. The lowest BCUT2D eigenvalue weighted by atomic mass is 10.0. The van der Waals surface area contributed by atoms with Gasteiger partial charge in [0.15, 0.2) is 6.10 Å². The maximum absolute atomic E-state index is 12.9. The summed E-state index contributed by atoms with van der Waals surface area (Å²) in [7, 11) is 0. The third kappa shape index (κ3) is 59.2. The molecule has 0 unspecified atom stereocenters. The highest BCUT2D eigenvalue weighted by Gasteiger charge is 2.19. The first-order chi connectivity index (χ1) is 34.7. The fourth-order valence-electron chi connectivity index (χ4n) is 10.1. The molecular formula is C65H126O6. The molecule has 0 N–H and O–H groups in total. The van der Waals surface area contributed by atoms with Crippen molar-refractivity contribution in [3.8, 4) is 0 Å². The smallest absolute Gasteiger partial charge is 0.306 e. The Hall–Kier alpha value is -1.59. The zero-order valence-electron chi connectivity index (χ0n) is 48.9. The zero-order chi connectivity index (χ0) is 51.8. The second-order valence-corrected chi connectivity index (χ2v) is 23.4. The van der Waals surface area contributed by atoms with Crippen LogP contribution in [0.25, 0.3) is 0 Å². The molecule has 6 nitrogen and oxygen atoms in total. The van der Waals surface area contributed by atoms with Gasteiger partial charge >= 0.3 is 17.9 Å². The third-order valence-electron chi connectivity index (χ3n) is 15.0. The standard InChI is InChI=1S/C65H126O6/c1-6-7-8-9-10-11-12-13-14-15-16-20-23-26-29-35-40-45-50-55-63(66)69-58-62(71-65(68)57-52-47-42-37-32-31-34-39-44-49-54-61(4)5)59-70-64(67)56-51-46-41-36-30-27-24-21-18-17-19-22-25-28-33-38-43-48-53-60(2)3/h60-62H,6-59H2,1-5H3/t62-/m1/s1. The number of carbonyl (C=O) groups is 3. The van der Waals surface area contributed by atoms with Crippen LogP contribution < -0.4 is 0 Å². The monoisotopic (exact) mass is 1000 g/mol. The predicted molar refractivity (Wildman–Crippen MR) is 307 cm³/mol. The van der Waals surface area contributed by atoms with E-state index < -0.39 is 6.10 Å². The van der Waals surface area contributed by atoms with E-state index in [1.54, 1.807) is 0 Å². The Morgan fingerprint density at radius 1 is 0.268 bits per heavy atom. The highest BCUT2D eigenvalue weighted by molar-refractivity contribution is 5.71. The van der Waals surface area contributed by atoms with E-state index in [0.29, 0.717) is 19.3 Å². The minimum Gasteiger partial charge on any atom is -0.462 e. The predicted octanol–water partition coefficient (Wildman–Crippen LogP) is 21.6. The summed E-state index contributed by atoms with van der Waals surface area (Å²) in [5, 5.41) is 0. The second-order valence-electron chi connectivity index (χ2n) is 23.4. The maximum Gasteiger partial charge on any atom is 0.306 e. The molecule has 0 heterocycles. The van der Waals surface area contributed by atoms with Gasteiger partial charge in [0.2, 0.25) is 0 Å². The molecule has 0 bridgehead atoms. The number of ether oxygens (including phenoxy) is 3. The molecule has 71 heavy (non-hydrogen) atoms. The average Bonchev–Trinajstić information content (AvgIpc) is 3.35. The Morgan fingerprint density at radius 2 is 0.465 bits per heavy atom. The summed E-state index contributed by atoms with van der Waals surface area (Å²) in [4.78, 5) is 38.3. The Kier molecular flexibility index (Phi) is 56.4. The van der Waals surface area contributed by atoms with Crippen molar-refractivity contribution in [1.82, 2.24) is 0 Å². The molecule has 1 atom stereocenters. The quantitative estimate of drug-likeness (QED) is 0.0343. The number of rotatable bonds is 59. The topological polar surface area (TPSA) is 78.9 Å². The van der Waals surface area contributed by atoms with Crippen LogP contribution in [0.4, 0.5) is 0 Å². The zero-order valence-corrected chi connectivity index (χ0v) is 48.9. The normalized spacial score (nSPS) is 12.0. The van der Waals surface area contributed by atoms with E-state index in [1.165, 1.54) is 257 Å². The fourth-order valence-corrected chi connectivity index (χ4v) is 10.1. The maximum atomic E-state index is 12.9. The van der Waals surface area contributed by atoms with Crippen LogP contribution in [0.5, 0.6) is 0 Å². The Bertz CT molecular complexity index is 1090. The van der Waals surface area contributed by atoms with Gasteiger partial charge in [0.05, 0.1) is 0 Å². The number of unbranched alkanes of at least 4 members (excludes halogenated alkanes) is 44.